The predicted molar refractivity (Wildman–Crippen MR) is 107 cm³/mol. The summed E-state index contributed by atoms with van der Waals surface area (Å²) < 4.78 is 20.1. The van der Waals surface area contributed by atoms with Crippen molar-refractivity contribution in [2.75, 3.05) is 23.5 Å². The van der Waals surface area contributed by atoms with Crippen LogP contribution < -0.4 is 4.90 Å². The van der Waals surface area contributed by atoms with Gasteiger partial charge in [-0.2, -0.15) is 11.8 Å². The average Bonchev–Trinajstić information content (AvgIpc) is 2.92. The molecule has 3 rings (SSSR count). The second-order valence-corrected chi connectivity index (χ2v) is 8.09. The summed E-state index contributed by atoms with van der Waals surface area (Å²) in [5.74, 6) is -0.290. The number of hydrogen-bond acceptors (Lipinski definition) is 4. The lowest BCUT2D eigenvalue weighted by molar-refractivity contribution is 0.0386. The van der Waals surface area contributed by atoms with Crippen molar-refractivity contribution in [2.45, 2.75) is 38.7 Å². The molecule has 1 unspecified atom stereocenters. The molecule has 0 bridgehead atoms. The maximum absolute atomic E-state index is 14.6. The van der Waals surface area contributed by atoms with Crippen molar-refractivity contribution in [3.63, 3.8) is 0 Å². The van der Waals surface area contributed by atoms with Crippen molar-refractivity contribution >= 4 is 35.0 Å². The van der Waals surface area contributed by atoms with Crippen molar-refractivity contribution in [3.05, 3.63) is 52.0 Å². The van der Waals surface area contributed by atoms with E-state index in [0.717, 1.165) is 31.4 Å². The third-order valence-electron chi connectivity index (χ3n) is 4.86. The first kappa shape index (κ1) is 19.3. The molecule has 140 valence electrons. The van der Waals surface area contributed by atoms with Crippen molar-refractivity contribution in [1.29, 1.82) is 0 Å². The SMILES string of the molecule is C=C1C2=C(CCCC2)CN1c1cc(C(=O)OC(C)CSC)c(Cl)cc1F. The molecule has 0 spiro atoms. The number of allylic oxidation sites excluding steroid dienone is 1. The largest absolute Gasteiger partial charge is 0.458 e. The van der Waals surface area contributed by atoms with Gasteiger partial charge in [0.15, 0.2) is 0 Å². The van der Waals surface area contributed by atoms with Gasteiger partial charge in [-0.05, 0) is 62.1 Å². The van der Waals surface area contributed by atoms with Gasteiger partial charge in [0, 0.05) is 18.0 Å². The van der Waals surface area contributed by atoms with Crippen LogP contribution in [0.25, 0.3) is 0 Å². The van der Waals surface area contributed by atoms with E-state index in [4.69, 9.17) is 16.3 Å². The number of thioether (sulfide) groups is 1. The second-order valence-electron chi connectivity index (χ2n) is 6.78. The van der Waals surface area contributed by atoms with Gasteiger partial charge in [0.2, 0.25) is 0 Å². The lowest BCUT2D eigenvalue weighted by atomic mass is 9.93. The first-order chi connectivity index (χ1) is 12.4. The Morgan fingerprint density at radius 3 is 2.85 bits per heavy atom. The van der Waals surface area contributed by atoms with Gasteiger partial charge >= 0.3 is 5.97 Å². The number of rotatable bonds is 5. The first-order valence-electron chi connectivity index (χ1n) is 8.79. The number of benzene rings is 1. The number of hydrogen-bond donors (Lipinski definition) is 0. The van der Waals surface area contributed by atoms with Gasteiger partial charge in [-0.25, -0.2) is 9.18 Å². The summed E-state index contributed by atoms with van der Waals surface area (Å²) in [6, 6.07) is 2.69. The van der Waals surface area contributed by atoms with Gasteiger partial charge in [0.25, 0.3) is 0 Å². The standard InChI is InChI=1S/C20H23ClFNO2S/c1-12(11-26-3)25-20(24)16-8-19(18(22)9-17(16)21)23-10-14-6-4-5-7-15(14)13(23)2/h8-9,12H,2,4-7,10-11H2,1,3H3. The van der Waals surface area contributed by atoms with Crippen LogP contribution in [0.5, 0.6) is 0 Å². The van der Waals surface area contributed by atoms with E-state index in [-0.39, 0.29) is 16.7 Å². The third-order valence-corrected chi connectivity index (χ3v) is 5.98. The lowest BCUT2D eigenvalue weighted by Gasteiger charge is -2.23. The molecule has 1 aliphatic carbocycles. The van der Waals surface area contributed by atoms with Gasteiger partial charge in [0.1, 0.15) is 11.9 Å². The quantitative estimate of drug-likeness (QED) is 0.607. The molecule has 1 aromatic rings. The van der Waals surface area contributed by atoms with E-state index in [2.05, 4.69) is 6.58 Å². The van der Waals surface area contributed by atoms with E-state index in [9.17, 15) is 9.18 Å². The highest BCUT2D eigenvalue weighted by molar-refractivity contribution is 7.98. The van der Waals surface area contributed by atoms with Gasteiger partial charge < -0.3 is 9.64 Å². The molecule has 1 heterocycles. The summed E-state index contributed by atoms with van der Waals surface area (Å²) in [7, 11) is 0. The number of esters is 1. The molecule has 0 amide bonds. The average molecular weight is 396 g/mol. The normalized spacial score (nSPS) is 18.2. The van der Waals surface area contributed by atoms with E-state index < -0.39 is 11.8 Å². The number of carbonyl (C=O) groups is 1. The molecule has 0 saturated carbocycles. The molecule has 6 heteroatoms. The zero-order valence-corrected chi connectivity index (χ0v) is 16.7. The highest BCUT2D eigenvalue weighted by Gasteiger charge is 2.30. The molecule has 26 heavy (non-hydrogen) atoms. The van der Waals surface area contributed by atoms with E-state index >= 15 is 0 Å². The summed E-state index contributed by atoms with van der Waals surface area (Å²) in [5, 5.41) is 0.0649. The lowest BCUT2D eigenvalue weighted by Crippen LogP contribution is -2.21. The van der Waals surface area contributed by atoms with Crippen LogP contribution in [0.2, 0.25) is 5.02 Å². The van der Waals surface area contributed by atoms with E-state index in [1.165, 1.54) is 23.3 Å². The molecule has 0 N–H and O–H groups in total. The summed E-state index contributed by atoms with van der Waals surface area (Å²) in [4.78, 5) is 14.3. The third kappa shape index (κ3) is 3.79. The minimum absolute atomic E-state index is 0.0649. The van der Waals surface area contributed by atoms with E-state index in [0.29, 0.717) is 18.0 Å². The smallest absolute Gasteiger partial charge is 0.340 e. The summed E-state index contributed by atoms with van der Waals surface area (Å²) in [6.07, 6.45) is 6.02. The summed E-state index contributed by atoms with van der Waals surface area (Å²) in [6.45, 7) is 6.61. The fourth-order valence-corrected chi connectivity index (χ4v) is 4.35. The molecular formula is C20H23ClFNO2S. The highest BCUT2D eigenvalue weighted by atomic mass is 35.5. The molecule has 0 aromatic heterocycles. The Kier molecular flexibility index (Phi) is 5.98. The van der Waals surface area contributed by atoms with Crippen LogP contribution in [-0.4, -0.2) is 30.6 Å². The Hall–Kier alpha value is -1.46. The predicted octanol–water partition coefficient (Wildman–Crippen LogP) is 5.59. The van der Waals surface area contributed by atoms with Crippen LogP contribution in [-0.2, 0) is 4.74 Å². The Balaban J connectivity index is 1.87. The van der Waals surface area contributed by atoms with E-state index in [1.807, 2.05) is 18.1 Å². The van der Waals surface area contributed by atoms with Crippen molar-refractivity contribution in [3.8, 4) is 0 Å². The Labute approximate surface area is 163 Å². The Bertz CT molecular complexity index is 777. The van der Waals surface area contributed by atoms with Crippen LogP contribution in [0.3, 0.4) is 0 Å². The van der Waals surface area contributed by atoms with Crippen LogP contribution in [0.4, 0.5) is 10.1 Å². The number of carbonyl (C=O) groups excluding carboxylic acids is 1. The minimum atomic E-state index is -0.527. The maximum atomic E-state index is 14.6. The van der Waals surface area contributed by atoms with Gasteiger partial charge in [-0.1, -0.05) is 18.2 Å². The first-order valence-corrected chi connectivity index (χ1v) is 10.6. The minimum Gasteiger partial charge on any atom is -0.458 e. The highest BCUT2D eigenvalue weighted by Crippen LogP contribution is 2.41. The van der Waals surface area contributed by atoms with E-state index in [1.54, 1.807) is 11.8 Å². The molecule has 3 nitrogen and oxygen atoms in total. The molecule has 1 atom stereocenters. The number of nitrogens with zero attached hydrogens (tertiary/aromatic N) is 1. The number of anilines is 1. The zero-order chi connectivity index (χ0) is 18.8. The summed E-state index contributed by atoms with van der Waals surface area (Å²) in [5.41, 5.74) is 3.92. The topological polar surface area (TPSA) is 29.5 Å². The fourth-order valence-electron chi connectivity index (χ4n) is 3.59. The maximum Gasteiger partial charge on any atom is 0.340 e. The molecule has 1 aromatic carbocycles. The van der Waals surface area contributed by atoms with Crippen molar-refractivity contribution in [1.82, 2.24) is 0 Å². The molecule has 0 fully saturated rings. The van der Waals surface area contributed by atoms with Crippen LogP contribution in [0.1, 0.15) is 43.0 Å². The van der Waals surface area contributed by atoms with Gasteiger partial charge in [-0.15, -0.1) is 0 Å². The molecule has 1 aliphatic heterocycles. The Morgan fingerprint density at radius 2 is 2.15 bits per heavy atom. The van der Waals surface area contributed by atoms with Crippen LogP contribution in [0, 0.1) is 5.82 Å². The zero-order valence-electron chi connectivity index (χ0n) is 15.1. The van der Waals surface area contributed by atoms with Crippen LogP contribution in [0.15, 0.2) is 35.6 Å². The van der Waals surface area contributed by atoms with Crippen molar-refractivity contribution < 1.29 is 13.9 Å². The molecule has 0 radical (unpaired) electrons. The van der Waals surface area contributed by atoms with Gasteiger partial charge in [0.05, 0.1) is 16.3 Å². The molecular weight excluding hydrogens is 373 g/mol. The number of ether oxygens (including phenoxy) is 1. The monoisotopic (exact) mass is 395 g/mol. The Morgan fingerprint density at radius 1 is 1.42 bits per heavy atom. The molecule has 0 saturated heterocycles. The number of halogens is 2. The fraction of sp³-hybridized carbons (Fsp3) is 0.450. The van der Waals surface area contributed by atoms with Crippen molar-refractivity contribution in [2.24, 2.45) is 0 Å². The second kappa shape index (κ2) is 8.05. The molecule has 2 aliphatic rings. The van der Waals surface area contributed by atoms with Gasteiger partial charge in [-0.3, -0.25) is 0 Å². The summed E-state index contributed by atoms with van der Waals surface area (Å²) >= 11 is 7.72. The van der Waals surface area contributed by atoms with Crippen LogP contribution >= 0.6 is 23.4 Å².